The minimum atomic E-state index is 0.0261. The van der Waals surface area contributed by atoms with Crippen LogP contribution < -0.4 is 11.1 Å². The number of nitrogens with two attached hydrogens (primary N) is 1. The molecule has 0 radical (unpaired) electrons. The summed E-state index contributed by atoms with van der Waals surface area (Å²) in [7, 11) is 0. The Morgan fingerprint density at radius 2 is 1.71 bits per heavy atom. The monoisotopic (exact) mass is 284 g/mol. The summed E-state index contributed by atoms with van der Waals surface area (Å²) in [5, 5.41) is 3.39. The largest absolute Gasteiger partial charge is 0.398 e. The van der Waals surface area contributed by atoms with Crippen molar-refractivity contribution in [2.24, 2.45) is 17.8 Å². The van der Waals surface area contributed by atoms with Crippen LogP contribution in [-0.2, 0) is 0 Å². The molecule has 0 unspecified atom stereocenters. The lowest BCUT2D eigenvalue weighted by molar-refractivity contribution is -0.0166. The Labute approximate surface area is 126 Å². The number of hydrogen-bond donors (Lipinski definition) is 2. The first kappa shape index (κ1) is 13.2. The zero-order valence-corrected chi connectivity index (χ0v) is 12.7. The van der Waals surface area contributed by atoms with Gasteiger partial charge in [-0.15, -0.1) is 0 Å². The fourth-order valence-corrected chi connectivity index (χ4v) is 5.44. The molecule has 1 aromatic rings. The number of amides is 1. The first-order valence-corrected chi connectivity index (χ1v) is 8.22. The molecule has 4 aliphatic carbocycles. The Morgan fingerprint density at radius 1 is 1.14 bits per heavy atom. The molecule has 0 aromatic heterocycles. The molecule has 4 aliphatic rings. The smallest absolute Gasteiger partial charge is 0.253 e. The molecular formula is C18H24N2O. The first-order valence-electron chi connectivity index (χ1n) is 8.22. The summed E-state index contributed by atoms with van der Waals surface area (Å²) in [5.74, 6) is 2.54. The van der Waals surface area contributed by atoms with Crippen molar-refractivity contribution in [1.29, 1.82) is 0 Å². The topological polar surface area (TPSA) is 55.1 Å². The van der Waals surface area contributed by atoms with Crippen molar-refractivity contribution in [2.75, 3.05) is 5.73 Å². The van der Waals surface area contributed by atoms with E-state index >= 15 is 0 Å². The Morgan fingerprint density at radius 3 is 2.29 bits per heavy atom. The van der Waals surface area contributed by atoms with Crippen molar-refractivity contribution < 1.29 is 4.79 Å². The van der Waals surface area contributed by atoms with Crippen LogP contribution in [0.15, 0.2) is 18.2 Å². The molecule has 0 heterocycles. The number of nitrogen functional groups attached to an aromatic ring is 1. The maximum absolute atomic E-state index is 12.7. The van der Waals surface area contributed by atoms with Crippen LogP contribution in [0.3, 0.4) is 0 Å². The number of hydrogen-bond acceptors (Lipinski definition) is 2. The van der Waals surface area contributed by atoms with E-state index in [0.29, 0.717) is 11.3 Å². The van der Waals surface area contributed by atoms with E-state index in [1.165, 1.54) is 38.5 Å². The van der Waals surface area contributed by atoms with Crippen LogP contribution >= 0.6 is 0 Å². The third-order valence-electron chi connectivity index (χ3n) is 5.87. The highest BCUT2D eigenvalue weighted by atomic mass is 16.1. The second-order valence-electron chi connectivity index (χ2n) is 7.74. The molecular weight excluding hydrogens is 260 g/mol. The van der Waals surface area contributed by atoms with Gasteiger partial charge in [-0.05, 0) is 75.3 Å². The van der Waals surface area contributed by atoms with Gasteiger partial charge < -0.3 is 11.1 Å². The second kappa shape index (κ2) is 4.49. The number of benzene rings is 1. The standard InChI is InChI=1S/C18H24N2O/c1-11-2-3-16(19)15(4-11)17(21)20-18-8-12-5-13(9-18)7-14(6-12)10-18/h2-4,12-14H,5-10,19H2,1H3,(H,20,21). The highest BCUT2D eigenvalue weighted by Gasteiger charge is 2.51. The number of anilines is 1. The Hall–Kier alpha value is -1.51. The summed E-state index contributed by atoms with van der Waals surface area (Å²) >= 11 is 0. The Kier molecular flexibility index (Phi) is 2.82. The molecule has 0 aliphatic heterocycles. The van der Waals surface area contributed by atoms with Crippen LogP contribution in [0.2, 0.25) is 0 Å². The minimum absolute atomic E-state index is 0.0261. The van der Waals surface area contributed by atoms with E-state index in [1.54, 1.807) is 0 Å². The van der Waals surface area contributed by atoms with Gasteiger partial charge in [0.2, 0.25) is 0 Å². The van der Waals surface area contributed by atoms with Crippen LogP contribution in [0.1, 0.15) is 54.4 Å². The maximum atomic E-state index is 12.7. The lowest BCUT2D eigenvalue weighted by Crippen LogP contribution is -2.59. The number of carbonyl (C=O) groups is 1. The molecule has 112 valence electrons. The average Bonchev–Trinajstić information content (AvgIpc) is 2.39. The molecule has 0 atom stereocenters. The Balaban J connectivity index is 1.58. The highest BCUT2D eigenvalue weighted by molar-refractivity contribution is 5.99. The zero-order valence-electron chi connectivity index (χ0n) is 12.7. The van der Waals surface area contributed by atoms with Gasteiger partial charge >= 0.3 is 0 Å². The second-order valence-corrected chi connectivity index (χ2v) is 7.74. The van der Waals surface area contributed by atoms with E-state index in [1.807, 2.05) is 25.1 Å². The molecule has 4 fully saturated rings. The van der Waals surface area contributed by atoms with Gasteiger partial charge in [0.05, 0.1) is 5.56 Å². The van der Waals surface area contributed by atoms with E-state index in [2.05, 4.69) is 5.32 Å². The molecule has 3 nitrogen and oxygen atoms in total. The Bertz CT molecular complexity index is 558. The average molecular weight is 284 g/mol. The molecule has 3 heteroatoms. The van der Waals surface area contributed by atoms with Crippen molar-refractivity contribution in [3.8, 4) is 0 Å². The van der Waals surface area contributed by atoms with Gasteiger partial charge in [-0.1, -0.05) is 11.6 Å². The summed E-state index contributed by atoms with van der Waals surface area (Å²) in [5.41, 5.74) is 8.37. The fourth-order valence-electron chi connectivity index (χ4n) is 5.44. The predicted molar refractivity (Wildman–Crippen MR) is 84.0 cm³/mol. The minimum Gasteiger partial charge on any atom is -0.398 e. The van der Waals surface area contributed by atoms with E-state index in [0.717, 1.165) is 23.3 Å². The van der Waals surface area contributed by atoms with Crippen molar-refractivity contribution >= 4 is 11.6 Å². The fraction of sp³-hybridized carbons (Fsp3) is 0.611. The quantitative estimate of drug-likeness (QED) is 0.819. The summed E-state index contributed by atoms with van der Waals surface area (Å²) in [6, 6.07) is 5.70. The molecule has 1 aromatic carbocycles. The van der Waals surface area contributed by atoms with E-state index < -0.39 is 0 Å². The van der Waals surface area contributed by atoms with Crippen molar-refractivity contribution in [1.82, 2.24) is 5.32 Å². The molecule has 21 heavy (non-hydrogen) atoms. The number of nitrogens with one attached hydrogen (secondary N) is 1. The van der Waals surface area contributed by atoms with Gasteiger partial charge in [0.15, 0.2) is 0 Å². The molecule has 4 bridgehead atoms. The third-order valence-corrected chi connectivity index (χ3v) is 5.87. The maximum Gasteiger partial charge on any atom is 0.253 e. The molecule has 0 saturated heterocycles. The van der Waals surface area contributed by atoms with Crippen LogP contribution in [-0.4, -0.2) is 11.4 Å². The first-order chi connectivity index (χ1) is 10.0. The molecule has 3 N–H and O–H groups in total. The number of rotatable bonds is 2. The van der Waals surface area contributed by atoms with Gasteiger partial charge in [-0.3, -0.25) is 4.79 Å². The number of aryl methyl sites for hydroxylation is 1. The van der Waals surface area contributed by atoms with Crippen LogP contribution in [0.4, 0.5) is 5.69 Å². The highest BCUT2D eigenvalue weighted by Crippen LogP contribution is 2.55. The number of carbonyl (C=O) groups excluding carboxylic acids is 1. The molecule has 0 spiro atoms. The van der Waals surface area contributed by atoms with Crippen molar-refractivity contribution in [3.63, 3.8) is 0 Å². The summed E-state index contributed by atoms with van der Waals surface area (Å²) in [6.07, 6.45) is 7.70. The summed E-state index contributed by atoms with van der Waals surface area (Å²) in [4.78, 5) is 12.7. The molecule has 4 saturated carbocycles. The van der Waals surface area contributed by atoms with Crippen LogP contribution in [0.25, 0.3) is 0 Å². The normalized spacial score (nSPS) is 36.7. The summed E-state index contributed by atoms with van der Waals surface area (Å²) < 4.78 is 0. The zero-order chi connectivity index (χ0) is 14.6. The van der Waals surface area contributed by atoms with Gasteiger partial charge in [-0.25, -0.2) is 0 Å². The summed E-state index contributed by atoms with van der Waals surface area (Å²) in [6.45, 7) is 2.00. The van der Waals surface area contributed by atoms with Gasteiger partial charge in [0.25, 0.3) is 5.91 Å². The lowest BCUT2D eigenvalue weighted by Gasteiger charge is -2.56. The van der Waals surface area contributed by atoms with E-state index in [-0.39, 0.29) is 11.4 Å². The van der Waals surface area contributed by atoms with Crippen LogP contribution in [0, 0.1) is 24.7 Å². The predicted octanol–water partition coefficient (Wildman–Crippen LogP) is 3.28. The van der Waals surface area contributed by atoms with Gasteiger partial charge in [0.1, 0.15) is 0 Å². The third kappa shape index (κ3) is 2.23. The van der Waals surface area contributed by atoms with Crippen LogP contribution in [0.5, 0.6) is 0 Å². The molecule has 1 amide bonds. The van der Waals surface area contributed by atoms with Gasteiger partial charge in [0, 0.05) is 11.2 Å². The van der Waals surface area contributed by atoms with Gasteiger partial charge in [-0.2, -0.15) is 0 Å². The van der Waals surface area contributed by atoms with Crippen molar-refractivity contribution in [3.05, 3.63) is 29.3 Å². The lowest BCUT2D eigenvalue weighted by atomic mass is 9.53. The van der Waals surface area contributed by atoms with E-state index in [9.17, 15) is 4.79 Å². The van der Waals surface area contributed by atoms with Crippen molar-refractivity contribution in [2.45, 2.75) is 51.0 Å². The molecule has 5 rings (SSSR count). The SMILES string of the molecule is Cc1ccc(N)c(C(=O)NC23CC4CC(CC(C4)C2)C3)c1. The van der Waals surface area contributed by atoms with E-state index in [4.69, 9.17) is 5.73 Å².